The summed E-state index contributed by atoms with van der Waals surface area (Å²) in [6.07, 6.45) is 1.93. The zero-order chi connectivity index (χ0) is 17.4. The number of amides is 1. The average Bonchev–Trinajstić information content (AvgIpc) is 3.04. The topological polar surface area (TPSA) is 81.7 Å². The number of hydrogen-bond donors (Lipinski definition) is 1. The van der Waals surface area contributed by atoms with E-state index in [1.54, 1.807) is 31.2 Å². The van der Waals surface area contributed by atoms with Crippen molar-refractivity contribution in [2.75, 3.05) is 6.54 Å². The van der Waals surface area contributed by atoms with Crippen molar-refractivity contribution in [1.29, 1.82) is 0 Å². The van der Waals surface area contributed by atoms with Crippen LogP contribution < -0.4 is 5.32 Å². The molecule has 1 amide bonds. The van der Waals surface area contributed by atoms with Crippen molar-refractivity contribution in [2.45, 2.75) is 38.2 Å². The quantitative estimate of drug-likeness (QED) is 0.823. The Labute approximate surface area is 145 Å². The van der Waals surface area contributed by atoms with Crippen LogP contribution in [0.15, 0.2) is 30.0 Å². The Balaban J connectivity index is 2.14. The van der Waals surface area contributed by atoms with Crippen LogP contribution in [-0.4, -0.2) is 26.7 Å². The summed E-state index contributed by atoms with van der Waals surface area (Å²) in [6.45, 7) is 2.13. The van der Waals surface area contributed by atoms with E-state index >= 15 is 0 Å². The molecule has 1 aromatic carbocycles. The standard InChI is InChI=1S/C16H18ClNO5S/c1-2-18-15(19)22-14-13(11-5-7-12(17)8-6-11)24(20,21)23-16(14)9-3-4-10-16/h5-8H,2-4,9-10H2,1H3,(H,18,19). The highest BCUT2D eigenvalue weighted by Gasteiger charge is 2.54. The number of benzene rings is 1. The Morgan fingerprint density at radius 1 is 1.29 bits per heavy atom. The predicted octanol–water partition coefficient (Wildman–Crippen LogP) is 3.43. The summed E-state index contributed by atoms with van der Waals surface area (Å²) in [5.74, 6) is 0.0771. The number of carbonyl (C=O) groups is 1. The Kier molecular flexibility index (Phi) is 4.59. The van der Waals surface area contributed by atoms with Crippen molar-refractivity contribution in [2.24, 2.45) is 0 Å². The fourth-order valence-electron chi connectivity index (χ4n) is 3.16. The molecular formula is C16H18ClNO5S. The normalized spacial score (nSPS) is 21.2. The fourth-order valence-corrected chi connectivity index (χ4v) is 4.91. The maximum Gasteiger partial charge on any atom is 0.412 e. The lowest BCUT2D eigenvalue weighted by Crippen LogP contribution is -2.33. The zero-order valence-corrected chi connectivity index (χ0v) is 14.7. The monoisotopic (exact) mass is 371 g/mol. The number of ether oxygens (including phenoxy) is 1. The first kappa shape index (κ1) is 17.3. The molecule has 1 saturated carbocycles. The fraction of sp³-hybridized carbons (Fsp3) is 0.438. The second-order valence-electron chi connectivity index (χ2n) is 5.82. The molecule has 2 aliphatic rings. The van der Waals surface area contributed by atoms with E-state index in [4.69, 9.17) is 20.5 Å². The Morgan fingerprint density at radius 2 is 1.92 bits per heavy atom. The largest absolute Gasteiger partial charge is 0.412 e. The van der Waals surface area contributed by atoms with E-state index in [-0.39, 0.29) is 10.7 Å². The van der Waals surface area contributed by atoms with Crippen molar-refractivity contribution >= 4 is 32.7 Å². The van der Waals surface area contributed by atoms with Crippen molar-refractivity contribution in [3.63, 3.8) is 0 Å². The van der Waals surface area contributed by atoms with Crippen LogP contribution in [-0.2, 0) is 19.0 Å². The van der Waals surface area contributed by atoms with Gasteiger partial charge in [-0.05, 0) is 50.3 Å². The lowest BCUT2D eigenvalue weighted by atomic mass is 9.97. The van der Waals surface area contributed by atoms with E-state index in [1.807, 2.05) is 0 Å². The molecule has 1 aliphatic carbocycles. The summed E-state index contributed by atoms with van der Waals surface area (Å²) in [4.78, 5) is 11.9. The van der Waals surface area contributed by atoms with Gasteiger partial charge in [0.05, 0.1) is 0 Å². The van der Waals surface area contributed by atoms with Gasteiger partial charge in [-0.1, -0.05) is 23.7 Å². The molecule has 0 radical (unpaired) electrons. The molecule has 1 N–H and O–H groups in total. The number of carbonyl (C=O) groups excluding carboxylic acids is 1. The van der Waals surface area contributed by atoms with Crippen LogP contribution in [0.1, 0.15) is 38.2 Å². The predicted molar refractivity (Wildman–Crippen MR) is 89.7 cm³/mol. The van der Waals surface area contributed by atoms with Crippen LogP contribution in [0.3, 0.4) is 0 Å². The molecule has 1 aromatic rings. The van der Waals surface area contributed by atoms with Crippen LogP contribution in [0.2, 0.25) is 5.02 Å². The third kappa shape index (κ3) is 3.03. The summed E-state index contributed by atoms with van der Waals surface area (Å²) in [5, 5.41) is 3.00. The Bertz CT molecular complexity index is 779. The molecular weight excluding hydrogens is 354 g/mol. The van der Waals surface area contributed by atoms with E-state index in [0.717, 1.165) is 12.8 Å². The molecule has 1 spiro atoms. The number of nitrogens with one attached hydrogen (secondary N) is 1. The van der Waals surface area contributed by atoms with E-state index in [2.05, 4.69) is 5.32 Å². The van der Waals surface area contributed by atoms with Gasteiger partial charge >= 0.3 is 16.2 Å². The summed E-state index contributed by atoms with van der Waals surface area (Å²) in [7, 11) is -4.02. The molecule has 0 saturated heterocycles. The molecule has 130 valence electrons. The minimum absolute atomic E-state index is 0.0771. The van der Waals surface area contributed by atoms with Gasteiger partial charge < -0.3 is 10.1 Å². The summed E-state index contributed by atoms with van der Waals surface area (Å²) in [6, 6.07) is 6.33. The Morgan fingerprint density at radius 3 is 2.50 bits per heavy atom. The first-order valence-electron chi connectivity index (χ1n) is 7.80. The third-order valence-electron chi connectivity index (χ3n) is 4.17. The maximum absolute atomic E-state index is 12.6. The van der Waals surface area contributed by atoms with Crippen molar-refractivity contribution in [3.8, 4) is 0 Å². The van der Waals surface area contributed by atoms with Gasteiger partial charge in [0, 0.05) is 11.6 Å². The third-order valence-corrected chi connectivity index (χ3v) is 5.88. The molecule has 1 heterocycles. The van der Waals surface area contributed by atoms with Crippen molar-refractivity contribution in [3.05, 3.63) is 40.6 Å². The number of hydrogen-bond acceptors (Lipinski definition) is 5. The van der Waals surface area contributed by atoms with Crippen molar-refractivity contribution < 1.29 is 22.1 Å². The molecule has 0 atom stereocenters. The summed E-state index contributed by atoms with van der Waals surface area (Å²) >= 11 is 5.88. The highest BCUT2D eigenvalue weighted by molar-refractivity contribution is 7.96. The minimum atomic E-state index is -4.02. The van der Waals surface area contributed by atoms with E-state index in [0.29, 0.717) is 30.0 Å². The second kappa shape index (κ2) is 6.38. The molecule has 0 aromatic heterocycles. The van der Waals surface area contributed by atoms with Crippen LogP contribution in [0, 0.1) is 0 Å². The highest BCUT2D eigenvalue weighted by atomic mass is 35.5. The first-order chi connectivity index (χ1) is 11.4. The Hall–Kier alpha value is -1.57. The number of halogens is 1. The zero-order valence-electron chi connectivity index (χ0n) is 13.2. The molecule has 3 rings (SSSR count). The minimum Gasteiger partial charge on any atom is -0.410 e. The average molecular weight is 372 g/mol. The van der Waals surface area contributed by atoms with Gasteiger partial charge in [0.15, 0.2) is 5.76 Å². The summed E-state index contributed by atoms with van der Waals surface area (Å²) < 4.78 is 36.1. The van der Waals surface area contributed by atoms with Crippen molar-refractivity contribution in [1.82, 2.24) is 5.32 Å². The van der Waals surface area contributed by atoms with Gasteiger partial charge in [-0.2, -0.15) is 8.42 Å². The lowest BCUT2D eigenvalue weighted by Gasteiger charge is -2.23. The van der Waals surface area contributed by atoms with Crippen LogP contribution in [0.5, 0.6) is 0 Å². The first-order valence-corrected chi connectivity index (χ1v) is 9.58. The van der Waals surface area contributed by atoms with E-state index in [1.165, 1.54) is 0 Å². The highest BCUT2D eigenvalue weighted by Crippen LogP contribution is 2.51. The van der Waals surface area contributed by atoms with E-state index < -0.39 is 21.8 Å². The molecule has 0 unspecified atom stereocenters. The maximum atomic E-state index is 12.6. The van der Waals surface area contributed by atoms with Crippen LogP contribution in [0.25, 0.3) is 4.91 Å². The van der Waals surface area contributed by atoms with Gasteiger partial charge in [0.25, 0.3) is 0 Å². The second-order valence-corrected chi connectivity index (χ2v) is 7.74. The molecule has 8 heteroatoms. The molecule has 0 bridgehead atoms. The van der Waals surface area contributed by atoms with Gasteiger partial charge in [-0.25, -0.2) is 4.79 Å². The molecule has 1 aliphatic heterocycles. The van der Waals surface area contributed by atoms with Gasteiger partial charge in [0.1, 0.15) is 10.5 Å². The number of rotatable bonds is 3. The number of alkyl carbamates (subject to hydrolysis) is 1. The summed E-state index contributed by atoms with van der Waals surface area (Å²) in [5.41, 5.74) is -0.693. The van der Waals surface area contributed by atoms with Gasteiger partial charge in [-0.15, -0.1) is 0 Å². The lowest BCUT2D eigenvalue weighted by molar-refractivity contribution is 0.0736. The molecule has 24 heavy (non-hydrogen) atoms. The molecule has 1 fully saturated rings. The van der Waals surface area contributed by atoms with Gasteiger partial charge in [0.2, 0.25) is 0 Å². The van der Waals surface area contributed by atoms with E-state index in [9.17, 15) is 13.2 Å². The molecule has 6 nitrogen and oxygen atoms in total. The smallest absolute Gasteiger partial charge is 0.410 e. The van der Waals surface area contributed by atoms with Crippen LogP contribution >= 0.6 is 11.6 Å². The van der Waals surface area contributed by atoms with Gasteiger partial charge in [-0.3, -0.25) is 4.18 Å². The SMILES string of the molecule is CCNC(=O)OC1=C(c2ccc(Cl)cc2)S(=O)(=O)OC12CCCC2. The van der Waals surface area contributed by atoms with Crippen LogP contribution in [0.4, 0.5) is 4.79 Å².